The van der Waals surface area contributed by atoms with Crippen LogP contribution in [0.3, 0.4) is 0 Å². The van der Waals surface area contributed by atoms with Crippen LogP contribution in [0.15, 0.2) is 28.7 Å². The number of hydrogen-bond donors (Lipinski definition) is 1. The zero-order chi connectivity index (χ0) is 10.8. The number of aliphatic carboxylic acids is 1. The van der Waals surface area contributed by atoms with E-state index in [2.05, 4.69) is 15.9 Å². The van der Waals surface area contributed by atoms with Crippen LogP contribution in [-0.4, -0.2) is 11.1 Å². The zero-order valence-electron chi connectivity index (χ0n) is 8.32. The highest BCUT2D eigenvalue weighted by atomic mass is 79.9. The Morgan fingerprint density at radius 1 is 1.53 bits per heavy atom. The minimum atomic E-state index is -0.655. The van der Waals surface area contributed by atoms with E-state index in [9.17, 15) is 4.79 Å². The van der Waals surface area contributed by atoms with E-state index in [1.54, 1.807) is 0 Å². The van der Waals surface area contributed by atoms with Crippen molar-refractivity contribution in [2.24, 2.45) is 11.8 Å². The number of hydrogen-bond acceptors (Lipinski definition) is 1. The fourth-order valence-electron chi connectivity index (χ4n) is 1.87. The Morgan fingerprint density at radius 3 is 2.80 bits per heavy atom. The molecule has 3 heteroatoms. The van der Waals surface area contributed by atoms with E-state index in [4.69, 9.17) is 5.11 Å². The lowest BCUT2D eigenvalue weighted by molar-refractivity contribution is -0.142. The molecule has 15 heavy (non-hydrogen) atoms. The maximum Gasteiger partial charge on any atom is 0.307 e. The summed E-state index contributed by atoms with van der Waals surface area (Å²) >= 11 is 3.39. The van der Waals surface area contributed by atoms with Gasteiger partial charge in [-0.05, 0) is 42.9 Å². The van der Waals surface area contributed by atoms with E-state index in [-0.39, 0.29) is 5.92 Å². The Kier molecular flexibility index (Phi) is 3.10. The zero-order valence-corrected chi connectivity index (χ0v) is 9.90. The molecule has 0 aliphatic heterocycles. The predicted molar refractivity (Wildman–Crippen MR) is 61.7 cm³/mol. The highest BCUT2D eigenvalue weighted by Gasteiger charge is 2.35. The van der Waals surface area contributed by atoms with Gasteiger partial charge in [0.05, 0.1) is 5.92 Å². The lowest BCUT2D eigenvalue weighted by Crippen LogP contribution is -2.18. The van der Waals surface area contributed by atoms with Crippen LogP contribution >= 0.6 is 15.9 Å². The second-order valence-electron chi connectivity index (χ2n) is 4.12. The van der Waals surface area contributed by atoms with Gasteiger partial charge in [0.1, 0.15) is 0 Å². The topological polar surface area (TPSA) is 37.3 Å². The van der Waals surface area contributed by atoms with Crippen molar-refractivity contribution in [3.05, 3.63) is 34.3 Å². The van der Waals surface area contributed by atoms with Crippen LogP contribution < -0.4 is 0 Å². The fraction of sp³-hybridized carbons (Fsp3) is 0.417. The SMILES string of the molecule is O=C(O)C(Cc1cccc(Br)c1)C1CC1. The first-order chi connectivity index (χ1) is 7.16. The smallest absolute Gasteiger partial charge is 0.307 e. The van der Waals surface area contributed by atoms with Crippen LogP contribution in [0.1, 0.15) is 18.4 Å². The fourth-order valence-corrected chi connectivity index (χ4v) is 2.32. The van der Waals surface area contributed by atoms with Gasteiger partial charge in [-0.2, -0.15) is 0 Å². The lowest BCUT2D eigenvalue weighted by atomic mass is 9.95. The summed E-state index contributed by atoms with van der Waals surface area (Å²) in [5.41, 5.74) is 1.10. The van der Waals surface area contributed by atoms with Gasteiger partial charge < -0.3 is 5.11 Å². The molecule has 0 amide bonds. The van der Waals surface area contributed by atoms with Gasteiger partial charge in [-0.3, -0.25) is 4.79 Å². The Balaban J connectivity index is 2.08. The largest absolute Gasteiger partial charge is 0.481 e. The Morgan fingerprint density at radius 2 is 2.27 bits per heavy atom. The van der Waals surface area contributed by atoms with Crippen molar-refractivity contribution >= 4 is 21.9 Å². The molecule has 1 aliphatic rings. The predicted octanol–water partition coefficient (Wildman–Crippen LogP) is 3.10. The molecule has 1 saturated carbocycles. The molecule has 0 aromatic heterocycles. The van der Waals surface area contributed by atoms with E-state index >= 15 is 0 Å². The average molecular weight is 269 g/mol. The summed E-state index contributed by atoms with van der Waals surface area (Å²) < 4.78 is 1.01. The lowest BCUT2D eigenvalue weighted by Gasteiger charge is -2.10. The molecule has 2 nitrogen and oxygen atoms in total. The molecule has 0 saturated heterocycles. The Labute approximate surface area is 97.4 Å². The molecular formula is C12H13BrO2. The molecule has 80 valence electrons. The number of rotatable bonds is 4. The van der Waals surface area contributed by atoms with Crippen molar-refractivity contribution in [2.75, 3.05) is 0 Å². The quantitative estimate of drug-likeness (QED) is 0.911. The number of benzene rings is 1. The summed E-state index contributed by atoms with van der Waals surface area (Å²) in [6, 6.07) is 7.89. The van der Waals surface area contributed by atoms with Crippen LogP contribution in [0.2, 0.25) is 0 Å². The van der Waals surface area contributed by atoms with Crippen LogP contribution in [-0.2, 0) is 11.2 Å². The van der Waals surface area contributed by atoms with Crippen LogP contribution in [0.4, 0.5) is 0 Å². The third kappa shape index (κ3) is 2.81. The maximum atomic E-state index is 11.1. The first-order valence-corrected chi connectivity index (χ1v) is 5.93. The molecule has 0 radical (unpaired) electrons. The normalized spacial score (nSPS) is 17.4. The summed E-state index contributed by atoms with van der Waals surface area (Å²) in [5.74, 6) is -0.446. The van der Waals surface area contributed by atoms with Crippen molar-refractivity contribution in [1.82, 2.24) is 0 Å². The summed E-state index contributed by atoms with van der Waals surface area (Å²) in [7, 11) is 0. The summed E-state index contributed by atoms with van der Waals surface area (Å²) in [6.45, 7) is 0. The van der Waals surface area contributed by atoms with E-state index in [0.29, 0.717) is 12.3 Å². The van der Waals surface area contributed by atoms with Crippen molar-refractivity contribution in [3.63, 3.8) is 0 Å². The maximum absolute atomic E-state index is 11.1. The molecular weight excluding hydrogens is 256 g/mol. The van der Waals surface area contributed by atoms with Gasteiger partial charge in [0.15, 0.2) is 0 Å². The number of carboxylic acid groups (broad SMARTS) is 1. The third-order valence-electron chi connectivity index (χ3n) is 2.85. The van der Waals surface area contributed by atoms with Gasteiger partial charge in [-0.25, -0.2) is 0 Å². The molecule has 0 spiro atoms. The van der Waals surface area contributed by atoms with E-state index in [1.807, 2.05) is 24.3 Å². The molecule has 1 aliphatic carbocycles. The second-order valence-corrected chi connectivity index (χ2v) is 5.03. The highest BCUT2D eigenvalue weighted by molar-refractivity contribution is 9.10. The number of halogens is 1. The summed E-state index contributed by atoms with van der Waals surface area (Å²) in [5, 5.41) is 9.10. The van der Waals surface area contributed by atoms with Gasteiger partial charge in [0.2, 0.25) is 0 Å². The first-order valence-electron chi connectivity index (χ1n) is 5.14. The van der Waals surface area contributed by atoms with Crippen LogP contribution in [0, 0.1) is 11.8 Å². The van der Waals surface area contributed by atoms with Crippen molar-refractivity contribution in [2.45, 2.75) is 19.3 Å². The average Bonchev–Trinajstić information content (AvgIpc) is 2.97. The highest BCUT2D eigenvalue weighted by Crippen LogP contribution is 2.38. The van der Waals surface area contributed by atoms with Crippen molar-refractivity contribution < 1.29 is 9.90 Å². The van der Waals surface area contributed by atoms with Crippen molar-refractivity contribution in [1.29, 1.82) is 0 Å². The molecule has 0 heterocycles. The molecule has 2 rings (SSSR count). The standard InChI is InChI=1S/C12H13BrO2/c13-10-3-1-2-8(6-10)7-11(12(14)15)9-4-5-9/h1-3,6,9,11H,4-5,7H2,(H,14,15). The molecule has 0 bridgehead atoms. The van der Waals surface area contributed by atoms with Crippen LogP contribution in [0.5, 0.6) is 0 Å². The van der Waals surface area contributed by atoms with E-state index in [1.165, 1.54) is 0 Å². The molecule has 1 aromatic carbocycles. The monoisotopic (exact) mass is 268 g/mol. The minimum Gasteiger partial charge on any atom is -0.481 e. The van der Waals surface area contributed by atoms with E-state index in [0.717, 1.165) is 22.9 Å². The van der Waals surface area contributed by atoms with Crippen molar-refractivity contribution in [3.8, 4) is 0 Å². The number of carbonyl (C=O) groups is 1. The van der Waals surface area contributed by atoms with Crippen LogP contribution in [0.25, 0.3) is 0 Å². The van der Waals surface area contributed by atoms with Gasteiger partial charge in [0.25, 0.3) is 0 Å². The minimum absolute atomic E-state index is 0.195. The second kappa shape index (κ2) is 4.35. The third-order valence-corrected chi connectivity index (χ3v) is 3.35. The Hall–Kier alpha value is -0.830. The van der Waals surface area contributed by atoms with Gasteiger partial charge in [-0.1, -0.05) is 28.1 Å². The van der Waals surface area contributed by atoms with Gasteiger partial charge in [-0.15, -0.1) is 0 Å². The summed E-state index contributed by atoms with van der Waals surface area (Å²) in [4.78, 5) is 11.1. The molecule has 1 N–H and O–H groups in total. The molecule has 1 atom stereocenters. The first kappa shape index (κ1) is 10.7. The molecule has 1 aromatic rings. The van der Waals surface area contributed by atoms with E-state index < -0.39 is 5.97 Å². The van der Waals surface area contributed by atoms with Gasteiger partial charge in [0, 0.05) is 4.47 Å². The Bertz CT molecular complexity index is 372. The number of carboxylic acids is 1. The molecule has 1 unspecified atom stereocenters. The van der Waals surface area contributed by atoms with Gasteiger partial charge >= 0.3 is 5.97 Å². The summed E-state index contributed by atoms with van der Waals surface area (Å²) in [6.07, 6.45) is 2.80. The molecule has 1 fully saturated rings.